The summed E-state index contributed by atoms with van der Waals surface area (Å²) in [6.45, 7) is 0.328. The van der Waals surface area contributed by atoms with Gasteiger partial charge in [-0.25, -0.2) is 4.98 Å². The van der Waals surface area contributed by atoms with Crippen LogP contribution in [0.4, 0.5) is 11.5 Å². The van der Waals surface area contributed by atoms with Gasteiger partial charge in [0.1, 0.15) is 5.82 Å². The molecule has 0 spiro atoms. The number of nitro groups is 1. The van der Waals surface area contributed by atoms with Gasteiger partial charge in [0.2, 0.25) is 0 Å². The summed E-state index contributed by atoms with van der Waals surface area (Å²) in [5.41, 5.74) is -0.0269. The van der Waals surface area contributed by atoms with Gasteiger partial charge in [0.25, 0.3) is 5.69 Å². The largest absolute Gasteiger partial charge is 0.481 e. The van der Waals surface area contributed by atoms with Gasteiger partial charge in [-0.2, -0.15) is 0 Å². The Kier molecular flexibility index (Phi) is 3.40. The first-order chi connectivity index (χ1) is 8.58. The smallest absolute Gasteiger partial charge is 0.305 e. The minimum atomic E-state index is -0.883. The van der Waals surface area contributed by atoms with Crippen molar-refractivity contribution in [3.05, 3.63) is 28.4 Å². The molecule has 7 heteroatoms. The molecule has 1 aliphatic rings. The number of carboxylic acid groups (broad SMARTS) is 1. The van der Waals surface area contributed by atoms with E-state index in [1.165, 1.54) is 18.3 Å². The number of carboxylic acids is 1. The predicted octanol–water partition coefficient (Wildman–Crippen LogP) is 1.43. The van der Waals surface area contributed by atoms with Gasteiger partial charge in [-0.05, 0) is 12.8 Å². The zero-order valence-electron chi connectivity index (χ0n) is 9.65. The van der Waals surface area contributed by atoms with Crippen LogP contribution in [0.2, 0.25) is 0 Å². The van der Waals surface area contributed by atoms with Crippen LogP contribution in [0.25, 0.3) is 0 Å². The molecule has 2 rings (SSSR count). The third kappa shape index (κ3) is 2.93. The zero-order valence-corrected chi connectivity index (χ0v) is 9.65. The molecule has 0 saturated heterocycles. The van der Waals surface area contributed by atoms with Crippen molar-refractivity contribution >= 4 is 17.5 Å². The average Bonchev–Trinajstić information content (AvgIpc) is 3.14. The lowest BCUT2D eigenvalue weighted by Crippen LogP contribution is -2.29. The lowest BCUT2D eigenvalue weighted by molar-refractivity contribution is -0.384. The van der Waals surface area contributed by atoms with Crippen molar-refractivity contribution in [3.63, 3.8) is 0 Å². The monoisotopic (exact) mass is 251 g/mol. The number of carbonyl (C=O) groups is 1. The summed E-state index contributed by atoms with van der Waals surface area (Å²) >= 11 is 0. The molecule has 0 aliphatic heterocycles. The highest BCUT2D eigenvalue weighted by Crippen LogP contribution is 2.31. The lowest BCUT2D eigenvalue weighted by atomic mass is 10.3. The van der Waals surface area contributed by atoms with Crippen molar-refractivity contribution in [2.75, 3.05) is 11.4 Å². The molecule has 0 bridgehead atoms. The first-order valence-electron chi connectivity index (χ1n) is 5.67. The quantitative estimate of drug-likeness (QED) is 0.606. The van der Waals surface area contributed by atoms with Crippen molar-refractivity contribution < 1.29 is 14.8 Å². The van der Waals surface area contributed by atoms with Crippen LogP contribution < -0.4 is 4.90 Å². The maximum atomic E-state index is 10.7. The molecule has 1 aliphatic carbocycles. The van der Waals surface area contributed by atoms with E-state index in [9.17, 15) is 14.9 Å². The summed E-state index contributed by atoms with van der Waals surface area (Å²) in [7, 11) is 0. The third-order valence-corrected chi connectivity index (χ3v) is 2.79. The molecule has 0 unspecified atom stereocenters. The molecular weight excluding hydrogens is 238 g/mol. The van der Waals surface area contributed by atoms with E-state index in [-0.39, 0.29) is 18.2 Å². The molecular formula is C11H13N3O4. The Hall–Kier alpha value is -2.18. The van der Waals surface area contributed by atoms with Crippen LogP contribution in [0.3, 0.4) is 0 Å². The minimum absolute atomic E-state index is 0.000865. The fraction of sp³-hybridized carbons (Fsp3) is 0.455. The molecule has 18 heavy (non-hydrogen) atoms. The number of pyridine rings is 1. The Morgan fingerprint density at radius 3 is 2.89 bits per heavy atom. The molecule has 96 valence electrons. The number of aliphatic carboxylic acids is 1. The molecule has 1 aromatic heterocycles. The first-order valence-corrected chi connectivity index (χ1v) is 5.67. The molecule has 1 saturated carbocycles. The summed E-state index contributed by atoms with van der Waals surface area (Å²) in [5, 5.41) is 19.4. The fourth-order valence-corrected chi connectivity index (χ4v) is 1.76. The molecule has 1 heterocycles. The van der Waals surface area contributed by atoms with Crippen LogP contribution in [-0.2, 0) is 4.79 Å². The Bertz CT molecular complexity index is 473. The van der Waals surface area contributed by atoms with E-state index < -0.39 is 10.9 Å². The Morgan fingerprint density at radius 1 is 1.61 bits per heavy atom. The second-order valence-electron chi connectivity index (χ2n) is 4.20. The van der Waals surface area contributed by atoms with Crippen LogP contribution in [0, 0.1) is 10.1 Å². The third-order valence-electron chi connectivity index (χ3n) is 2.79. The maximum Gasteiger partial charge on any atom is 0.305 e. The maximum absolute atomic E-state index is 10.7. The van der Waals surface area contributed by atoms with Crippen molar-refractivity contribution in [1.29, 1.82) is 0 Å². The number of nitrogens with zero attached hydrogens (tertiary/aromatic N) is 3. The van der Waals surface area contributed by atoms with E-state index in [1.807, 2.05) is 4.90 Å². The first kappa shape index (κ1) is 12.3. The molecule has 7 nitrogen and oxygen atoms in total. The zero-order chi connectivity index (χ0) is 13.1. The summed E-state index contributed by atoms with van der Waals surface area (Å²) < 4.78 is 0. The number of rotatable bonds is 6. The van der Waals surface area contributed by atoms with Crippen LogP contribution in [0.1, 0.15) is 19.3 Å². The van der Waals surface area contributed by atoms with Crippen molar-refractivity contribution in [2.45, 2.75) is 25.3 Å². The molecule has 1 aromatic rings. The van der Waals surface area contributed by atoms with E-state index in [0.29, 0.717) is 12.4 Å². The van der Waals surface area contributed by atoms with Crippen LogP contribution >= 0.6 is 0 Å². The van der Waals surface area contributed by atoms with Crippen LogP contribution in [0.15, 0.2) is 18.3 Å². The van der Waals surface area contributed by atoms with E-state index in [4.69, 9.17) is 5.11 Å². The van der Waals surface area contributed by atoms with E-state index >= 15 is 0 Å². The fourth-order valence-electron chi connectivity index (χ4n) is 1.76. The molecule has 1 fully saturated rings. The van der Waals surface area contributed by atoms with Crippen molar-refractivity contribution in [1.82, 2.24) is 4.98 Å². The van der Waals surface area contributed by atoms with Gasteiger partial charge in [-0.3, -0.25) is 14.9 Å². The standard InChI is InChI=1S/C11H13N3O4/c15-11(16)4-6-13(8-1-2-8)10-7-9(14(17)18)3-5-12-10/h3,5,7-8H,1-2,4,6H2,(H,15,16). The van der Waals surface area contributed by atoms with Gasteiger partial charge in [0.05, 0.1) is 17.4 Å². The Labute approximate surface area is 103 Å². The van der Waals surface area contributed by atoms with Crippen LogP contribution in [-0.4, -0.2) is 33.6 Å². The summed E-state index contributed by atoms with van der Waals surface area (Å²) in [6.07, 6.45) is 3.33. The summed E-state index contributed by atoms with van der Waals surface area (Å²) in [5.74, 6) is -0.404. The number of hydrogen-bond acceptors (Lipinski definition) is 5. The Balaban J connectivity index is 2.16. The highest BCUT2D eigenvalue weighted by molar-refractivity contribution is 5.67. The average molecular weight is 251 g/mol. The predicted molar refractivity (Wildman–Crippen MR) is 63.5 cm³/mol. The van der Waals surface area contributed by atoms with Gasteiger partial charge in [0, 0.05) is 24.8 Å². The van der Waals surface area contributed by atoms with Crippen molar-refractivity contribution in [2.24, 2.45) is 0 Å². The molecule has 1 N–H and O–H groups in total. The summed E-state index contributed by atoms with van der Waals surface area (Å²) in [6, 6.07) is 2.98. The van der Waals surface area contributed by atoms with Gasteiger partial charge in [-0.15, -0.1) is 0 Å². The van der Waals surface area contributed by atoms with Gasteiger partial charge in [0.15, 0.2) is 0 Å². The van der Waals surface area contributed by atoms with Crippen LogP contribution in [0.5, 0.6) is 0 Å². The van der Waals surface area contributed by atoms with E-state index in [1.54, 1.807) is 0 Å². The topological polar surface area (TPSA) is 96.6 Å². The molecule has 0 radical (unpaired) electrons. The molecule has 0 atom stereocenters. The molecule has 0 amide bonds. The SMILES string of the molecule is O=C(O)CCN(c1cc([N+](=O)[O-])ccn1)C1CC1. The number of aromatic nitrogens is 1. The van der Waals surface area contributed by atoms with Gasteiger partial charge < -0.3 is 10.0 Å². The highest BCUT2D eigenvalue weighted by atomic mass is 16.6. The summed E-state index contributed by atoms with van der Waals surface area (Å²) in [4.78, 5) is 26.7. The second kappa shape index (κ2) is 4.99. The molecule has 0 aromatic carbocycles. The van der Waals surface area contributed by atoms with E-state index in [0.717, 1.165) is 12.8 Å². The van der Waals surface area contributed by atoms with Gasteiger partial charge >= 0.3 is 5.97 Å². The normalized spacial score (nSPS) is 14.2. The Morgan fingerprint density at radius 2 is 2.33 bits per heavy atom. The highest BCUT2D eigenvalue weighted by Gasteiger charge is 2.30. The van der Waals surface area contributed by atoms with Gasteiger partial charge in [-0.1, -0.05) is 0 Å². The number of hydrogen-bond donors (Lipinski definition) is 1. The van der Waals surface area contributed by atoms with E-state index in [2.05, 4.69) is 4.98 Å². The lowest BCUT2D eigenvalue weighted by Gasteiger charge is -2.22. The number of anilines is 1. The second-order valence-corrected chi connectivity index (χ2v) is 4.20. The minimum Gasteiger partial charge on any atom is -0.481 e. The van der Waals surface area contributed by atoms with Crippen molar-refractivity contribution in [3.8, 4) is 0 Å².